The number of ether oxygens (including phenoxy) is 2. The number of benzene rings is 1. The molecule has 1 aromatic rings. The van der Waals surface area contributed by atoms with Gasteiger partial charge in [-0.05, 0) is 25.0 Å². The van der Waals surface area contributed by atoms with Gasteiger partial charge in [0.15, 0.2) is 6.29 Å². The molecule has 0 aliphatic carbocycles. The lowest BCUT2D eigenvalue weighted by Crippen LogP contribution is -2.11. The zero-order valence-electron chi connectivity index (χ0n) is 9.00. The van der Waals surface area contributed by atoms with Crippen LogP contribution in [0.25, 0.3) is 0 Å². The van der Waals surface area contributed by atoms with Crippen molar-refractivity contribution in [2.45, 2.75) is 26.2 Å². The molecule has 2 atom stereocenters. The van der Waals surface area contributed by atoms with E-state index in [-0.39, 0.29) is 12.4 Å². The summed E-state index contributed by atoms with van der Waals surface area (Å²) < 4.78 is 11.3. The SMILES string of the molecule is Cc1cccc(C)c1C1OCC(CCl)O1. The van der Waals surface area contributed by atoms with Crippen molar-refractivity contribution in [2.24, 2.45) is 0 Å². The molecule has 0 radical (unpaired) electrons. The highest BCUT2D eigenvalue weighted by Gasteiger charge is 2.28. The Morgan fingerprint density at radius 2 is 2.00 bits per heavy atom. The van der Waals surface area contributed by atoms with Crippen LogP contribution in [0.2, 0.25) is 0 Å². The van der Waals surface area contributed by atoms with Crippen LogP contribution in [0.4, 0.5) is 0 Å². The fourth-order valence-electron chi connectivity index (χ4n) is 1.88. The average Bonchev–Trinajstić information content (AvgIpc) is 2.66. The van der Waals surface area contributed by atoms with Crippen LogP contribution in [0, 0.1) is 13.8 Å². The summed E-state index contributed by atoms with van der Waals surface area (Å²) in [6.07, 6.45) is -0.217. The van der Waals surface area contributed by atoms with Crippen molar-refractivity contribution in [3.63, 3.8) is 0 Å². The summed E-state index contributed by atoms with van der Waals surface area (Å²) in [6, 6.07) is 6.19. The van der Waals surface area contributed by atoms with Gasteiger partial charge in [0.25, 0.3) is 0 Å². The van der Waals surface area contributed by atoms with Gasteiger partial charge in [-0.25, -0.2) is 0 Å². The maximum Gasteiger partial charge on any atom is 0.184 e. The Hall–Kier alpha value is -0.570. The molecule has 3 heteroatoms. The molecule has 82 valence electrons. The topological polar surface area (TPSA) is 18.5 Å². The van der Waals surface area contributed by atoms with Gasteiger partial charge in [-0.1, -0.05) is 18.2 Å². The third-order valence-electron chi connectivity index (χ3n) is 2.70. The molecule has 1 heterocycles. The Morgan fingerprint density at radius 1 is 1.33 bits per heavy atom. The van der Waals surface area contributed by atoms with Crippen molar-refractivity contribution < 1.29 is 9.47 Å². The predicted molar refractivity (Wildman–Crippen MR) is 60.2 cm³/mol. The van der Waals surface area contributed by atoms with Gasteiger partial charge < -0.3 is 9.47 Å². The van der Waals surface area contributed by atoms with Gasteiger partial charge in [0.1, 0.15) is 0 Å². The molecule has 0 N–H and O–H groups in total. The summed E-state index contributed by atoms with van der Waals surface area (Å²) in [5.41, 5.74) is 3.55. The minimum absolute atomic E-state index is 0.0238. The van der Waals surface area contributed by atoms with Crippen LogP contribution >= 0.6 is 11.6 Å². The highest BCUT2D eigenvalue weighted by Crippen LogP contribution is 2.31. The van der Waals surface area contributed by atoms with E-state index in [0.29, 0.717) is 12.5 Å². The highest BCUT2D eigenvalue weighted by atomic mass is 35.5. The van der Waals surface area contributed by atoms with Gasteiger partial charge in [-0.3, -0.25) is 0 Å². The minimum Gasteiger partial charge on any atom is -0.346 e. The van der Waals surface area contributed by atoms with Crippen molar-refractivity contribution in [1.82, 2.24) is 0 Å². The number of hydrogen-bond acceptors (Lipinski definition) is 2. The van der Waals surface area contributed by atoms with Crippen molar-refractivity contribution >= 4 is 11.6 Å². The number of rotatable bonds is 2. The van der Waals surface area contributed by atoms with E-state index in [2.05, 4.69) is 26.0 Å². The normalized spacial score (nSPS) is 25.8. The van der Waals surface area contributed by atoms with Crippen LogP contribution in [-0.2, 0) is 9.47 Å². The largest absolute Gasteiger partial charge is 0.346 e. The lowest BCUT2D eigenvalue weighted by atomic mass is 10.0. The first-order valence-electron chi connectivity index (χ1n) is 5.11. The number of aryl methyl sites for hydroxylation is 2. The molecule has 1 fully saturated rings. The molecule has 0 bridgehead atoms. The average molecular weight is 227 g/mol. The molecule has 2 unspecified atom stereocenters. The second kappa shape index (κ2) is 4.52. The van der Waals surface area contributed by atoms with Gasteiger partial charge in [-0.15, -0.1) is 11.6 Å². The van der Waals surface area contributed by atoms with Crippen LogP contribution < -0.4 is 0 Å². The first-order valence-corrected chi connectivity index (χ1v) is 5.65. The van der Waals surface area contributed by atoms with Crippen molar-refractivity contribution in [2.75, 3.05) is 12.5 Å². The molecule has 15 heavy (non-hydrogen) atoms. The molecule has 1 aliphatic heterocycles. The first-order chi connectivity index (χ1) is 7.22. The van der Waals surface area contributed by atoms with Gasteiger partial charge in [0.2, 0.25) is 0 Å². The maximum atomic E-state index is 5.74. The standard InChI is InChI=1S/C12H15ClO2/c1-8-4-3-5-9(2)11(8)12-14-7-10(6-13)15-12/h3-5,10,12H,6-7H2,1-2H3. The zero-order valence-corrected chi connectivity index (χ0v) is 9.75. The molecule has 1 aliphatic rings. The second-order valence-corrected chi connectivity index (χ2v) is 4.19. The third kappa shape index (κ3) is 2.17. The van der Waals surface area contributed by atoms with Crippen LogP contribution in [0.3, 0.4) is 0 Å². The van der Waals surface area contributed by atoms with Crippen molar-refractivity contribution in [3.8, 4) is 0 Å². The van der Waals surface area contributed by atoms with E-state index in [1.54, 1.807) is 0 Å². The molecule has 0 saturated carbocycles. The van der Waals surface area contributed by atoms with Crippen LogP contribution in [-0.4, -0.2) is 18.6 Å². The Bertz CT molecular complexity index is 331. The van der Waals surface area contributed by atoms with E-state index in [1.807, 2.05) is 6.07 Å². The third-order valence-corrected chi connectivity index (χ3v) is 3.04. The van der Waals surface area contributed by atoms with E-state index < -0.39 is 0 Å². The fraction of sp³-hybridized carbons (Fsp3) is 0.500. The Kier molecular flexibility index (Phi) is 3.29. The molecule has 0 spiro atoms. The number of alkyl halides is 1. The van der Waals surface area contributed by atoms with Gasteiger partial charge in [0, 0.05) is 5.56 Å². The lowest BCUT2D eigenvalue weighted by Gasteiger charge is -2.15. The number of halogens is 1. The minimum atomic E-state index is -0.241. The molecule has 1 aromatic carbocycles. The summed E-state index contributed by atoms with van der Waals surface area (Å²) in [4.78, 5) is 0. The smallest absolute Gasteiger partial charge is 0.184 e. The van der Waals surface area contributed by atoms with Crippen LogP contribution in [0.5, 0.6) is 0 Å². The Balaban J connectivity index is 2.23. The van der Waals surface area contributed by atoms with Crippen molar-refractivity contribution in [1.29, 1.82) is 0 Å². The summed E-state index contributed by atoms with van der Waals surface area (Å²) in [5.74, 6) is 0.488. The summed E-state index contributed by atoms with van der Waals surface area (Å²) in [7, 11) is 0. The molecule has 1 saturated heterocycles. The fourth-order valence-corrected chi connectivity index (χ4v) is 2.04. The van der Waals surface area contributed by atoms with Gasteiger partial charge in [-0.2, -0.15) is 0 Å². The molecule has 0 aromatic heterocycles. The first kappa shape index (κ1) is 10.9. The van der Waals surface area contributed by atoms with Gasteiger partial charge in [0.05, 0.1) is 18.6 Å². The molecule has 2 nitrogen and oxygen atoms in total. The summed E-state index contributed by atoms with van der Waals surface area (Å²) in [5, 5.41) is 0. The van der Waals surface area contributed by atoms with E-state index in [1.165, 1.54) is 11.1 Å². The van der Waals surface area contributed by atoms with Crippen LogP contribution in [0.15, 0.2) is 18.2 Å². The van der Waals surface area contributed by atoms with E-state index in [4.69, 9.17) is 21.1 Å². The second-order valence-electron chi connectivity index (χ2n) is 3.88. The van der Waals surface area contributed by atoms with Crippen LogP contribution in [0.1, 0.15) is 23.0 Å². The van der Waals surface area contributed by atoms with E-state index in [0.717, 1.165) is 5.56 Å². The molecule has 0 amide bonds. The lowest BCUT2D eigenvalue weighted by molar-refractivity contribution is -0.0575. The maximum absolute atomic E-state index is 5.74. The zero-order chi connectivity index (χ0) is 10.8. The van der Waals surface area contributed by atoms with Crippen molar-refractivity contribution in [3.05, 3.63) is 34.9 Å². The summed E-state index contributed by atoms with van der Waals surface area (Å²) >= 11 is 5.74. The monoisotopic (exact) mass is 226 g/mol. The van der Waals surface area contributed by atoms with E-state index >= 15 is 0 Å². The summed E-state index contributed by atoms with van der Waals surface area (Å²) in [6.45, 7) is 4.73. The highest BCUT2D eigenvalue weighted by molar-refractivity contribution is 6.18. The Labute approximate surface area is 95.1 Å². The molecular weight excluding hydrogens is 212 g/mol. The quantitative estimate of drug-likeness (QED) is 0.722. The van der Waals surface area contributed by atoms with E-state index in [9.17, 15) is 0 Å². The molecular formula is C12H15ClO2. The Morgan fingerprint density at radius 3 is 2.53 bits per heavy atom. The number of hydrogen-bond donors (Lipinski definition) is 0. The van der Waals surface area contributed by atoms with Gasteiger partial charge >= 0.3 is 0 Å². The molecule has 2 rings (SSSR count). The predicted octanol–water partition coefficient (Wildman–Crippen LogP) is 2.96.